The molecule has 2 heterocycles. The summed E-state index contributed by atoms with van der Waals surface area (Å²) in [6, 6.07) is 85.5. The van der Waals surface area contributed by atoms with E-state index in [9.17, 15) is 5.11 Å². The Morgan fingerprint density at radius 3 is 1.19 bits per heavy atom. The highest BCUT2D eigenvalue weighted by molar-refractivity contribution is 6.20. The normalized spacial score (nSPS) is 12.8. The van der Waals surface area contributed by atoms with Gasteiger partial charge in [-0.2, -0.15) is 0 Å². The van der Waals surface area contributed by atoms with Crippen LogP contribution in [-0.2, 0) is 6.61 Å². The molecular formula is C64H46N2O. The van der Waals surface area contributed by atoms with E-state index in [1.165, 1.54) is 0 Å². The average molecular weight is 859 g/mol. The van der Waals surface area contributed by atoms with Gasteiger partial charge in [0.05, 0.1) is 18.0 Å². The standard InChI is InChI=1S/C64H46N2O/c67-43-50-33-19-20-34-53(50)64(60-37-35-58(65-60)62-54(46-25-11-3-12-26-46)39-51(44-21-7-1-8-22-44)40-55(62)47-27-13-4-14-28-47)61-38-36-59(66-61)63-56(48-29-15-5-16-30-48)41-52(45-23-9-2-10-24-45)42-57(63)49-31-17-6-18-32-49/h1-42,65,67H,43H2/b64-61-. The van der Waals surface area contributed by atoms with Crippen molar-refractivity contribution in [2.24, 2.45) is 4.99 Å². The number of hydrogen-bond donors (Lipinski definition) is 2. The van der Waals surface area contributed by atoms with Gasteiger partial charge in [0.25, 0.3) is 0 Å². The lowest BCUT2D eigenvalue weighted by molar-refractivity contribution is 0.281. The molecule has 0 saturated carbocycles. The molecule has 0 unspecified atom stereocenters. The highest BCUT2D eigenvalue weighted by Crippen LogP contribution is 2.45. The summed E-state index contributed by atoms with van der Waals surface area (Å²) >= 11 is 0. The monoisotopic (exact) mass is 858 g/mol. The number of allylic oxidation sites excluding steroid dienone is 2. The minimum Gasteiger partial charge on any atom is -0.392 e. The molecule has 0 atom stereocenters. The number of aromatic amines is 1. The number of benzene rings is 9. The first-order valence-electron chi connectivity index (χ1n) is 22.8. The first-order valence-corrected chi connectivity index (χ1v) is 22.8. The first kappa shape index (κ1) is 41.1. The molecule has 3 nitrogen and oxygen atoms in total. The van der Waals surface area contributed by atoms with E-state index in [2.05, 4.69) is 242 Å². The number of rotatable bonds is 11. The molecule has 0 aliphatic carbocycles. The largest absolute Gasteiger partial charge is 0.392 e. The number of H-pyrrole nitrogens is 1. The molecule has 2 N–H and O–H groups in total. The summed E-state index contributed by atoms with van der Waals surface area (Å²) in [6.07, 6.45) is 4.29. The fourth-order valence-corrected chi connectivity index (χ4v) is 9.48. The quantitative estimate of drug-likeness (QED) is 0.134. The third-order valence-electron chi connectivity index (χ3n) is 12.7. The van der Waals surface area contributed by atoms with Gasteiger partial charge in [-0.3, -0.25) is 0 Å². The van der Waals surface area contributed by atoms with Gasteiger partial charge >= 0.3 is 0 Å². The fourth-order valence-electron chi connectivity index (χ4n) is 9.48. The zero-order chi connectivity index (χ0) is 44.9. The summed E-state index contributed by atoms with van der Waals surface area (Å²) in [5.41, 5.74) is 21.9. The molecule has 318 valence electrons. The first-order chi connectivity index (χ1) is 33.2. The van der Waals surface area contributed by atoms with E-state index in [0.29, 0.717) is 0 Å². The summed E-state index contributed by atoms with van der Waals surface area (Å²) < 4.78 is 0. The summed E-state index contributed by atoms with van der Waals surface area (Å²) in [6.45, 7) is -0.116. The molecule has 67 heavy (non-hydrogen) atoms. The minimum absolute atomic E-state index is 0.116. The van der Waals surface area contributed by atoms with Gasteiger partial charge in [0.1, 0.15) is 0 Å². The summed E-state index contributed by atoms with van der Waals surface area (Å²) in [4.78, 5) is 9.55. The van der Waals surface area contributed by atoms with Crippen LogP contribution in [0.3, 0.4) is 0 Å². The van der Waals surface area contributed by atoms with E-state index in [4.69, 9.17) is 4.99 Å². The van der Waals surface area contributed by atoms with Crippen molar-refractivity contribution in [2.75, 3.05) is 0 Å². The molecule has 11 rings (SSSR count). The summed E-state index contributed by atoms with van der Waals surface area (Å²) in [5, 5.41) is 10.9. The van der Waals surface area contributed by atoms with Gasteiger partial charge in [-0.05, 0) is 126 Å². The maximum Gasteiger partial charge on any atom is 0.0737 e. The Hall–Kier alpha value is -8.63. The van der Waals surface area contributed by atoms with Crippen LogP contribution in [-0.4, -0.2) is 15.8 Å². The van der Waals surface area contributed by atoms with Crippen molar-refractivity contribution in [2.45, 2.75) is 6.61 Å². The second-order valence-corrected chi connectivity index (χ2v) is 16.8. The van der Waals surface area contributed by atoms with Gasteiger partial charge < -0.3 is 10.1 Å². The van der Waals surface area contributed by atoms with Crippen molar-refractivity contribution in [1.29, 1.82) is 0 Å². The molecule has 0 fully saturated rings. The predicted molar refractivity (Wildman–Crippen MR) is 279 cm³/mol. The van der Waals surface area contributed by atoms with Gasteiger partial charge in [-0.15, -0.1) is 0 Å². The Bertz CT molecular complexity index is 3320. The van der Waals surface area contributed by atoms with Gasteiger partial charge in [-0.1, -0.05) is 206 Å². The molecule has 0 bridgehead atoms. The summed E-state index contributed by atoms with van der Waals surface area (Å²) in [5.74, 6) is 0. The number of nitrogens with one attached hydrogen (secondary N) is 1. The highest BCUT2D eigenvalue weighted by Gasteiger charge is 2.25. The average Bonchev–Trinajstić information content (AvgIpc) is 4.11. The Balaban J connectivity index is 1.14. The van der Waals surface area contributed by atoms with Crippen molar-refractivity contribution < 1.29 is 5.11 Å². The maximum atomic E-state index is 10.9. The molecule has 0 spiro atoms. The van der Waals surface area contributed by atoms with E-state index in [-0.39, 0.29) is 6.61 Å². The molecule has 0 radical (unpaired) electrons. The molecule has 3 heteroatoms. The van der Waals surface area contributed by atoms with Crippen LogP contribution in [0.25, 0.3) is 83.6 Å². The van der Waals surface area contributed by atoms with Crippen LogP contribution in [0.4, 0.5) is 0 Å². The van der Waals surface area contributed by atoms with Crippen molar-refractivity contribution in [3.8, 4) is 78.0 Å². The third kappa shape index (κ3) is 8.21. The van der Waals surface area contributed by atoms with Gasteiger partial charge in [0.15, 0.2) is 0 Å². The van der Waals surface area contributed by atoms with Crippen LogP contribution < -0.4 is 0 Å². The van der Waals surface area contributed by atoms with Gasteiger partial charge in [0.2, 0.25) is 0 Å². The van der Waals surface area contributed by atoms with E-state index < -0.39 is 0 Å². The SMILES string of the molecule is OCc1ccccc1/C(=C1\C=CC(c2c(-c3ccccc3)cc(-c3ccccc3)cc2-c2ccccc2)=N1)c1ccc(-c2c(-c3ccccc3)cc(-c3ccccc3)cc2-c2ccccc2)[nH]1. The second-order valence-electron chi connectivity index (χ2n) is 16.8. The molecule has 1 aliphatic rings. The summed E-state index contributed by atoms with van der Waals surface area (Å²) in [7, 11) is 0. The lowest BCUT2D eigenvalue weighted by atomic mass is 9.86. The van der Waals surface area contributed by atoms with Crippen molar-refractivity contribution >= 4 is 11.3 Å². The Morgan fingerprint density at radius 2 is 0.761 bits per heavy atom. The zero-order valence-corrected chi connectivity index (χ0v) is 36.9. The van der Waals surface area contributed by atoms with Crippen molar-refractivity contribution in [1.82, 2.24) is 4.98 Å². The van der Waals surface area contributed by atoms with E-state index >= 15 is 0 Å². The van der Waals surface area contributed by atoms with Crippen LogP contribution in [0.1, 0.15) is 22.4 Å². The maximum absolute atomic E-state index is 10.9. The second kappa shape index (κ2) is 18.5. The van der Waals surface area contributed by atoms with Crippen LogP contribution in [0.15, 0.2) is 265 Å². The Morgan fingerprint density at radius 1 is 0.373 bits per heavy atom. The Kier molecular flexibility index (Phi) is 11.3. The van der Waals surface area contributed by atoms with Crippen molar-refractivity contribution in [3.05, 3.63) is 283 Å². The van der Waals surface area contributed by atoms with E-state index in [0.717, 1.165) is 117 Å². The topological polar surface area (TPSA) is 48.4 Å². The molecule has 10 aromatic rings. The number of nitrogens with zero attached hydrogens (tertiary/aromatic N) is 1. The number of aliphatic imine (C=N–C) groups is 1. The molecule has 1 aliphatic heterocycles. The van der Waals surface area contributed by atoms with Crippen LogP contribution in [0.2, 0.25) is 0 Å². The minimum atomic E-state index is -0.116. The molecular weight excluding hydrogens is 813 g/mol. The van der Waals surface area contributed by atoms with Crippen molar-refractivity contribution in [3.63, 3.8) is 0 Å². The molecule has 9 aromatic carbocycles. The predicted octanol–water partition coefficient (Wildman–Crippen LogP) is 16.0. The molecule has 0 amide bonds. The lowest BCUT2D eigenvalue weighted by Crippen LogP contribution is -2.03. The van der Waals surface area contributed by atoms with E-state index in [1.807, 2.05) is 18.2 Å². The highest BCUT2D eigenvalue weighted by atomic mass is 16.3. The number of aliphatic hydroxyl groups excluding tert-OH is 1. The number of hydrogen-bond acceptors (Lipinski definition) is 2. The van der Waals surface area contributed by atoms with Crippen LogP contribution in [0, 0.1) is 0 Å². The van der Waals surface area contributed by atoms with E-state index in [1.54, 1.807) is 0 Å². The number of aliphatic hydroxyl groups is 1. The van der Waals surface area contributed by atoms with Crippen LogP contribution >= 0.6 is 0 Å². The van der Waals surface area contributed by atoms with Gasteiger partial charge in [0, 0.05) is 28.1 Å². The lowest BCUT2D eigenvalue weighted by Gasteiger charge is -2.19. The van der Waals surface area contributed by atoms with Gasteiger partial charge in [-0.25, -0.2) is 4.99 Å². The number of aromatic nitrogens is 1. The zero-order valence-electron chi connectivity index (χ0n) is 36.9. The molecule has 1 aromatic heterocycles. The van der Waals surface area contributed by atoms with Crippen LogP contribution in [0.5, 0.6) is 0 Å². The third-order valence-corrected chi connectivity index (χ3v) is 12.7. The fraction of sp³-hybridized carbons (Fsp3) is 0.0156. The molecule has 0 saturated heterocycles. The smallest absolute Gasteiger partial charge is 0.0737 e. The Labute approximate surface area is 392 Å².